The largest absolute Gasteiger partial charge is 0.472 e. The van der Waals surface area contributed by atoms with Gasteiger partial charge in [0.15, 0.2) is 0 Å². The van der Waals surface area contributed by atoms with Crippen LogP contribution in [0.25, 0.3) is 0 Å². The first kappa shape index (κ1) is 14.4. The second-order valence-corrected chi connectivity index (χ2v) is 5.37. The fraction of sp³-hybridized carbons (Fsp3) is 0.286. The Morgan fingerprint density at radius 1 is 1.26 bits per heavy atom. The maximum absolute atomic E-state index is 6.04. The first-order chi connectivity index (χ1) is 9.10. The Morgan fingerprint density at radius 2 is 1.95 bits per heavy atom. The van der Waals surface area contributed by atoms with Crippen LogP contribution in [0, 0.1) is 0 Å². The summed E-state index contributed by atoms with van der Waals surface area (Å²) in [7, 11) is 2.01. The predicted octanol–water partition coefficient (Wildman–Crippen LogP) is 3.72. The maximum Gasteiger partial charge on any atom is 0.0947 e. The molecule has 0 spiro atoms. The Hall–Kier alpha value is -1.000. The molecule has 0 saturated heterocycles. The molecular weight excluding hydrogens is 283 g/mol. The van der Waals surface area contributed by atoms with Gasteiger partial charge < -0.3 is 10.2 Å². The van der Waals surface area contributed by atoms with Crippen LogP contribution >= 0.6 is 23.2 Å². The van der Waals surface area contributed by atoms with Crippen LogP contribution in [-0.4, -0.2) is 18.5 Å². The Morgan fingerprint density at radius 3 is 2.47 bits per heavy atom. The molecule has 0 amide bonds. The van der Waals surface area contributed by atoms with Crippen LogP contribution in [0.15, 0.2) is 41.2 Å². The summed E-state index contributed by atoms with van der Waals surface area (Å²) in [6, 6.07) is 7.52. The van der Waals surface area contributed by atoms with Crippen molar-refractivity contribution in [3.63, 3.8) is 0 Å². The average molecular weight is 299 g/mol. The maximum atomic E-state index is 6.04. The quantitative estimate of drug-likeness (QED) is 0.915. The lowest BCUT2D eigenvalue weighted by molar-refractivity contribution is 0.241. The Bertz CT molecular complexity index is 508. The molecule has 1 unspecified atom stereocenters. The van der Waals surface area contributed by atoms with E-state index in [4.69, 9.17) is 33.4 Å². The van der Waals surface area contributed by atoms with Crippen LogP contribution in [0.3, 0.4) is 0 Å². The SMILES string of the molecule is CN(Cc1ccoc1)C(CN)c1cc(Cl)cc(Cl)c1. The average Bonchev–Trinajstić information content (AvgIpc) is 2.81. The molecule has 3 nitrogen and oxygen atoms in total. The smallest absolute Gasteiger partial charge is 0.0947 e. The Labute approximate surface area is 122 Å². The zero-order valence-electron chi connectivity index (χ0n) is 10.6. The molecule has 2 rings (SSSR count). The second-order valence-electron chi connectivity index (χ2n) is 4.50. The minimum atomic E-state index is 0.0612. The third-order valence-electron chi connectivity index (χ3n) is 3.04. The summed E-state index contributed by atoms with van der Waals surface area (Å²) in [6.07, 6.45) is 3.39. The molecule has 2 aromatic rings. The van der Waals surface area contributed by atoms with Crippen LogP contribution in [-0.2, 0) is 6.54 Å². The van der Waals surface area contributed by atoms with Crippen molar-refractivity contribution in [3.8, 4) is 0 Å². The lowest BCUT2D eigenvalue weighted by atomic mass is 10.1. The summed E-state index contributed by atoms with van der Waals surface area (Å²) < 4.78 is 5.07. The third kappa shape index (κ3) is 3.74. The van der Waals surface area contributed by atoms with Crippen molar-refractivity contribution in [3.05, 3.63) is 58.0 Å². The second kappa shape index (κ2) is 6.44. The summed E-state index contributed by atoms with van der Waals surface area (Å²) in [5, 5.41) is 1.25. The van der Waals surface area contributed by atoms with Crippen LogP contribution < -0.4 is 5.73 Å². The van der Waals surface area contributed by atoms with E-state index in [1.165, 1.54) is 0 Å². The lowest BCUT2D eigenvalue weighted by Gasteiger charge is -2.27. The molecule has 1 aromatic heterocycles. The molecular formula is C14H16Cl2N2O. The van der Waals surface area contributed by atoms with E-state index in [1.54, 1.807) is 18.6 Å². The van der Waals surface area contributed by atoms with Crippen molar-refractivity contribution in [1.82, 2.24) is 4.90 Å². The molecule has 1 aromatic carbocycles. The van der Waals surface area contributed by atoms with Gasteiger partial charge in [-0.1, -0.05) is 23.2 Å². The molecule has 19 heavy (non-hydrogen) atoms. The van der Waals surface area contributed by atoms with Gasteiger partial charge in [0.25, 0.3) is 0 Å². The van der Waals surface area contributed by atoms with E-state index >= 15 is 0 Å². The van der Waals surface area contributed by atoms with Gasteiger partial charge in [-0.3, -0.25) is 4.90 Å². The number of benzene rings is 1. The van der Waals surface area contributed by atoms with Crippen molar-refractivity contribution in [2.45, 2.75) is 12.6 Å². The number of nitrogens with zero attached hydrogens (tertiary/aromatic N) is 1. The molecule has 0 saturated carbocycles. The normalized spacial score (nSPS) is 12.9. The number of furan rings is 1. The topological polar surface area (TPSA) is 42.4 Å². The highest BCUT2D eigenvalue weighted by molar-refractivity contribution is 6.34. The first-order valence-electron chi connectivity index (χ1n) is 5.97. The lowest BCUT2D eigenvalue weighted by Crippen LogP contribution is -2.30. The van der Waals surface area contributed by atoms with E-state index in [1.807, 2.05) is 25.2 Å². The van der Waals surface area contributed by atoms with Crippen molar-refractivity contribution in [2.24, 2.45) is 5.73 Å². The summed E-state index contributed by atoms with van der Waals surface area (Å²) in [5.41, 5.74) is 8.01. The molecule has 0 bridgehead atoms. The Kier molecular flexibility index (Phi) is 4.88. The molecule has 102 valence electrons. The van der Waals surface area contributed by atoms with Crippen molar-refractivity contribution in [1.29, 1.82) is 0 Å². The van der Waals surface area contributed by atoms with E-state index in [2.05, 4.69) is 4.90 Å². The molecule has 1 atom stereocenters. The molecule has 0 aliphatic heterocycles. The van der Waals surface area contributed by atoms with E-state index in [-0.39, 0.29) is 6.04 Å². The van der Waals surface area contributed by atoms with Crippen LogP contribution in [0.4, 0.5) is 0 Å². The molecule has 1 heterocycles. The van der Waals surface area contributed by atoms with Crippen LogP contribution in [0.5, 0.6) is 0 Å². The summed E-state index contributed by atoms with van der Waals surface area (Å²) >= 11 is 12.1. The van der Waals surface area contributed by atoms with Gasteiger partial charge in [0.1, 0.15) is 0 Å². The van der Waals surface area contributed by atoms with Gasteiger partial charge >= 0.3 is 0 Å². The highest BCUT2D eigenvalue weighted by atomic mass is 35.5. The van der Waals surface area contributed by atoms with Crippen molar-refractivity contribution in [2.75, 3.05) is 13.6 Å². The number of likely N-dealkylation sites (N-methyl/N-ethyl adjacent to an activating group) is 1. The van der Waals surface area contributed by atoms with Gasteiger partial charge in [0.05, 0.1) is 12.5 Å². The zero-order valence-corrected chi connectivity index (χ0v) is 12.2. The van der Waals surface area contributed by atoms with Gasteiger partial charge in [-0.25, -0.2) is 0 Å². The summed E-state index contributed by atoms with van der Waals surface area (Å²) in [4.78, 5) is 2.15. The molecule has 5 heteroatoms. The fourth-order valence-electron chi connectivity index (χ4n) is 2.12. The number of hydrogen-bond donors (Lipinski definition) is 1. The summed E-state index contributed by atoms with van der Waals surface area (Å²) in [5.74, 6) is 0. The minimum Gasteiger partial charge on any atom is -0.472 e. The fourth-order valence-corrected chi connectivity index (χ4v) is 2.66. The number of halogens is 2. The van der Waals surface area contributed by atoms with E-state index in [9.17, 15) is 0 Å². The third-order valence-corrected chi connectivity index (χ3v) is 3.47. The monoisotopic (exact) mass is 298 g/mol. The molecule has 0 aliphatic rings. The van der Waals surface area contributed by atoms with Crippen molar-refractivity contribution < 1.29 is 4.42 Å². The number of rotatable bonds is 5. The number of hydrogen-bond acceptors (Lipinski definition) is 3. The molecule has 0 aliphatic carbocycles. The van der Waals surface area contributed by atoms with Gasteiger partial charge in [-0.15, -0.1) is 0 Å². The zero-order chi connectivity index (χ0) is 13.8. The van der Waals surface area contributed by atoms with Crippen LogP contribution in [0.1, 0.15) is 17.2 Å². The van der Waals surface area contributed by atoms with E-state index < -0.39 is 0 Å². The van der Waals surface area contributed by atoms with Crippen LogP contribution in [0.2, 0.25) is 10.0 Å². The van der Waals surface area contributed by atoms with Gasteiger partial charge in [0.2, 0.25) is 0 Å². The Balaban J connectivity index is 2.18. The standard InChI is InChI=1S/C14H16Cl2N2O/c1-18(8-10-2-3-19-9-10)14(7-17)11-4-12(15)6-13(16)5-11/h2-6,9,14H,7-8,17H2,1H3. The van der Waals surface area contributed by atoms with Gasteiger partial charge in [0, 0.05) is 34.7 Å². The predicted molar refractivity (Wildman–Crippen MR) is 78.4 cm³/mol. The number of nitrogens with two attached hydrogens (primary N) is 1. The summed E-state index contributed by atoms with van der Waals surface area (Å²) in [6.45, 7) is 1.24. The van der Waals surface area contributed by atoms with E-state index in [0.717, 1.165) is 17.7 Å². The van der Waals surface area contributed by atoms with E-state index in [0.29, 0.717) is 16.6 Å². The first-order valence-corrected chi connectivity index (χ1v) is 6.73. The van der Waals surface area contributed by atoms with Gasteiger partial charge in [-0.2, -0.15) is 0 Å². The minimum absolute atomic E-state index is 0.0612. The molecule has 0 radical (unpaired) electrons. The highest BCUT2D eigenvalue weighted by Crippen LogP contribution is 2.26. The molecule has 0 fully saturated rings. The van der Waals surface area contributed by atoms with Gasteiger partial charge in [-0.05, 0) is 36.9 Å². The highest BCUT2D eigenvalue weighted by Gasteiger charge is 2.17. The van der Waals surface area contributed by atoms with Crippen molar-refractivity contribution >= 4 is 23.2 Å². The molecule has 2 N–H and O–H groups in total.